The van der Waals surface area contributed by atoms with Crippen molar-refractivity contribution in [2.24, 2.45) is 34.5 Å². The molecule has 1 spiro atoms. The second-order valence-corrected chi connectivity index (χ2v) is 10.1. The topological polar surface area (TPSA) is 46.5 Å². The van der Waals surface area contributed by atoms with E-state index in [1.807, 2.05) is 6.08 Å². The molecule has 2 bridgehead atoms. The van der Waals surface area contributed by atoms with Crippen molar-refractivity contribution in [2.45, 2.75) is 70.3 Å². The Morgan fingerprint density at radius 2 is 2.08 bits per heavy atom. The van der Waals surface area contributed by atoms with Gasteiger partial charge in [-0.15, -0.1) is 0 Å². The van der Waals surface area contributed by atoms with E-state index in [0.29, 0.717) is 34.4 Å². The SMILES string of the molecule is CO[C@]1(CO)C[C@@]23CC[C@@H]4C5=CC(=O)C[C@@H]5CC[C@@]4(C)[C@@H]2CC[C@@H]1C3. The molecule has 0 aromatic heterocycles. The minimum atomic E-state index is -0.294. The largest absolute Gasteiger partial charge is 0.393 e. The zero-order valence-electron chi connectivity index (χ0n) is 15.7. The first kappa shape index (κ1) is 16.5. The summed E-state index contributed by atoms with van der Waals surface area (Å²) in [7, 11) is 1.80. The van der Waals surface area contributed by atoms with Crippen molar-refractivity contribution in [3.8, 4) is 0 Å². The highest BCUT2D eigenvalue weighted by Crippen LogP contribution is 2.72. The molecule has 0 amide bonds. The fraction of sp³-hybridized carbons (Fsp3) is 0.864. The van der Waals surface area contributed by atoms with Gasteiger partial charge in [-0.25, -0.2) is 0 Å². The van der Waals surface area contributed by atoms with Gasteiger partial charge in [-0.05, 0) is 91.9 Å². The van der Waals surface area contributed by atoms with Crippen molar-refractivity contribution in [3.63, 3.8) is 0 Å². The van der Waals surface area contributed by atoms with E-state index in [9.17, 15) is 9.90 Å². The third kappa shape index (κ3) is 1.97. The zero-order valence-corrected chi connectivity index (χ0v) is 15.7. The van der Waals surface area contributed by atoms with E-state index in [0.717, 1.165) is 18.8 Å². The summed E-state index contributed by atoms with van der Waals surface area (Å²) in [5.74, 6) is 2.80. The summed E-state index contributed by atoms with van der Waals surface area (Å²) >= 11 is 0. The number of allylic oxidation sites excluding steroid dienone is 2. The van der Waals surface area contributed by atoms with Crippen LogP contribution < -0.4 is 0 Å². The molecule has 0 aromatic carbocycles. The fourth-order valence-corrected chi connectivity index (χ4v) is 8.44. The van der Waals surface area contributed by atoms with Crippen LogP contribution in [0.5, 0.6) is 0 Å². The van der Waals surface area contributed by atoms with Crippen molar-refractivity contribution < 1.29 is 14.6 Å². The summed E-state index contributed by atoms with van der Waals surface area (Å²) in [6.45, 7) is 2.71. The lowest BCUT2D eigenvalue weighted by Crippen LogP contribution is -2.53. The summed E-state index contributed by atoms with van der Waals surface area (Å²) in [5, 5.41) is 10.1. The van der Waals surface area contributed by atoms with Gasteiger partial charge < -0.3 is 9.84 Å². The number of ketones is 1. The maximum absolute atomic E-state index is 12.0. The molecule has 3 heteroatoms. The van der Waals surface area contributed by atoms with Gasteiger partial charge in [0.15, 0.2) is 5.78 Å². The lowest BCUT2D eigenvalue weighted by molar-refractivity contribution is -0.115. The number of rotatable bonds is 2. The average Bonchev–Trinajstić information content (AvgIpc) is 3.09. The second-order valence-electron chi connectivity index (χ2n) is 10.1. The van der Waals surface area contributed by atoms with Gasteiger partial charge in [0, 0.05) is 13.5 Å². The minimum Gasteiger partial charge on any atom is -0.393 e. The highest BCUT2D eigenvalue weighted by molar-refractivity contribution is 5.93. The Bertz CT molecular complexity index is 633. The van der Waals surface area contributed by atoms with Crippen molar-refractivity contribution in [1.82, 2.24) is 0 Å². The summed E-state index contributed by atoms with van der Waals surface area (Å²) in [5.41, 5.74) is 1.92. The van der Waals surface area contributed by atoms with Gasteiger partial charge in [0.2, 0.25) is 0 Å². The predicted molar refractivity (Wildman–Crippen MR) is 96.0 cm³/mol. The summed E-state index contributed by atoms with van der Waals surface area (Å²) < 4.78 is 5.95. The van der Waals surface area contributed by atoms with Gasteiger partial charge in [0.05, 0.1) is 12.2 Å². The molecule has 0 aromatic rings. The van der Waals surface area contributed by atoms with Crippen LogP contribution in [-0.4, -0.2) is 30.2 Å². The van der Waals surface area contributed by atoms with E-state index in [-0.39, 0.29) is 12.2 Å². The van der Waals surface area contributed by atoms with Crippen LogP contribution in [0.15, 0.2) is 11.6 Å². The molecule has 4 saturated carbocycles. The van der Waals surface area contributed by atoms with Gasteiger partial charge in [-0.3, -0.25) is 4.79 Å². The first-order chi connectivity index (χ1) is 12.0. The first-order valence-corrected chi connectivity index (χ1v) is 10.4. The smallest absolute Gasteiger partial charge is 0.156 e. The van der Waals surface area contributed by atoms with Gasteiger partial charge in [0.1, 0.15) is 0 Å². The third-order valence-electron chi connectivity index (χ3n) is 9.47. The molecule has 138 valence electrons. The molecule has 7 atom stereocenters. The molecule has 0 radical (unpaired) electrons. The lowest BCUT2D eigenvalue weighted by atomic mass is 9.43. The number of fused-ring (bicyclic) bond motifs is 5. The summed E-state index contributed by atoms with van der Waals surface area (Å²) in [4.78, 5) is 12.0. The molecule has 5 rings (SSSR count). The van der Waals surface area contributed by atoms with Crippen molar-refractivity contribution in [1.29, 1.82) is 0 Å². The Hall–Kier alpha value is -0.670. The van der Waals surface area contributed by atoms with Crippen LogP contribution in [0.2, 0.25) is 0 Å². The number of carbonyl (C=O) groups excluding carboxylic acids is 1. The molecule has 0 heterocycles. The van der Waals surface area contributed by atoms with Crippen molar-refractivity contribution in [3.05, 3.63) is 11.6 Å². The Labute approximate surface area is 151 Å². The molecular weight excluding hydrogens is 312 g/mol. The van der Waals surface area contributed by atoms with E-state index in [1.54, 1.807) is 7.11 Å². The van der Waals surface area contributed by atoms with E-state index in [4.69, 9.17) is 4.74 Å². The third-order valence-corrected chi connectivity index (χ3v) is 9.47. The van der Waals surface area contributed by atoms with Crippen LogP contribution in [0.25, 0.3) is 0 Å². The number of aliphatic hydroxyl groups excluding tert-OH is 1. The number of methoxy groups -OCH3 is 1. The van der Waals surface area contributed by atoms with Crippen LogP contribution in [0.1, 0.15) is 64.7 Å². The molecule has 5 aliphatic rings. The first-order valence-electron chi connectivity index (χ1n) is 10.4. The Morgan fingerprint density at radius 3 is 2.84 bits per heavy atom. The number of hydrogen-bond donors (Lipinski definition) is 1. The van der Waals surface area contributed by atoms with Gasteiger partial charge in [-0.1, -0.05) is 12.5 Å². The number of carbonyl (C=O) groups is 1. The van der Waals surface area contributed by atoms with E-state index < -0.39 is 0 Å². The number of hydrogen-bond acceptors (Lipinski definition) is 3. The molecule has 3 nitrogen and oxygen atoms in total. The second kappa shape index (κ2) is 5.19. The highest BCUT2D eigenvalue weighted by Gasteiger charge is 2.66. The quantitative estimate of drug-likeness (QED) is 0.826. The Balaban J connectivity index is 1.52. The van der Waals surface area contributed by atoms with Crippen LogP contribution >= 0.6 is 0 Å². The van der Waals surface area contributed by atoms with Crippen molar-refractivity contribution >= 4 is 5.78 Å². The van der Waals surface area contributed by atoms with Gasteiger partial charge >= 0.3 is 0 Å². The van der Waals surface area contributed by atoms with Gasteiger partial charge in [0.25, 0.3) is 0 Å². The minimum absolute atomic E-state index is 0.171. The fourth-order valence-electron chi connectivity index (χ4n) is 8.44. The lowest BCUT2D eigenvalue weighted by Gasteiger charge is -2.61. The molecule has 0 unspecified atom stereocenters. The average molecular weight is 344 g/mol. The van der Waals surface area contributed by atoms with Crippen LogP contribution in [0, 0.1) is 34.5 Å². The number of ether oxygens (including phenoxy) is 1. The molecule has 0 aliphatic heterocycles. The summed E-state index contributed by atoms with van der Waals surface area (Å²) in [6.07, 6.45) is 12.6. The molecule has 5 aliphatic carbocycles. The van der Waals surface area contributed by atoms with Crippen molar-refractivity contribution in [2.75, 3.05) is 13.7 Å². The number of aliphatic hydroxyl groups is 1. The normalized spacial score (nSPS) is 53.9. The van der Waals surface area contributed by atoms with E-state index in [1.165, 1.54) is 50.5 Å². The maximum atomic E-state index is 12.0. The van der Waals surface area contributed by atoms with Gasteiger partial charge in [-0.2, -0.15) is 0 Å². The standard InChI is InChI=1S/C22H32O3/c1-20-7-5-14-9-16(24)10-17(14)18(20)6-8-21-11-15(3-4-19(20)21)22(12-21,13-23)25-2/h10,14-15,18-19,23H,3-9,11-13H2,1-2H3/t14-,15+,18+,19-,20+,21-,22-/m0/s1. The summed E-state index contributed by atoms with van der Waals surface area (Å²) in [6, 6.07) is 0. The zero-order chi connectivity index (χ0) is 17.4. The maximum Gasteiger partial charge on any atom is 0.156 e. The van der Waals surface area contributed by atoms with Crippen LogP contribution in [0.4, 0.5) is 0 Å². The predicted octanol–water partition coefficient (Wildman–Crippen LogP) is 3.90. The highest BCUT2D eigenvalue weighted by atomic mass is 16.5. The van der Waals surface area contributed by atoms with Crippen LogP contribution in [0.3, 0.4) is 0 Å². The molecule has 0 saturated heterocycles. The molecule has 25 heavy (non-hydrogen) atoms. The van der Waals surface area contributed by atoms with Crippen LogP contribution in [-0.2, 0) is 9.53 Å². The molecular formula is C22H32O3. The molecule has 4 fully saturated rings. The molecule has 1 N–H and O–H groups in total. The van der Waals surface area contributed by atoms with E-state index in [2.05, 4.69) is 6.92 Å². The Kier molecular flexibility index (Phi) is 3.43. The Morgan fingerprint density at radius 1 is 1.24 bits per heavy atom. The monoisotopic (exact) mass is 344 g/mol. The van der Waals surface area contributed by atoms with E-state index >= 15 is 0 Å².